The first kappa shape index (κ1) is 18.2. The van der Waals surface area contributed by atoms with Crippen molar-refractivity contribution in [1.82, 2.24) is 0 Å². The third kappa shape index (κ3) is 526. The Hall–Kier alpha value is -0.621. The molecule has 0 radical (unpaired) electrons. The zero-order valence-corrected chi connectivity index (χ0v) is 9.14. The molecule has 0 aliphatic carbocycles. The second-order valence-corrected chi connectivity index (χ2v) is 3.44. The average molecular weight is 261 g/mol. The molecule has 0 atom stereocenters. The van der Waals surface area contributed by atoms with Gasteiger partial charge in [0.05, 0.1) is 0 Å². The molecule has 6 nitrogen and oxygen atoms in total. The number of aliphatic hydroxyl groups excluding tert-OH is 2. The maximum absolute atomic E-state index is 9.00. The predicted octanol–water partition coefficient (Wildman–Crippen LogP) is -1.23. The Morgan fingerprint density at radius 2 is 1.15 bits per heavy atom. The molecule has 0 rings (SSSR count). The van der Waals surface area contributed by atoms with Gasteiger partial charge in [-0.05, 0) is 0 Å². The van der Waals surface area contributed by atoms with Gasteiger partial charge in [-0.25, -0.2) is 0 Å². The van der Waals surface area contributed by atoms with E-state index in [9.17, 15) is 0 Å². The molecule has 0 aromatic heterocycles. The Kier molecular flexibility index (Phi) is 24.5. The third-order valence-electron chi connectivity index (χ3n) is 0.183. The molecular formula is C6H14O6Se. The zero-order chi connectivity index (χ0) is 11.3. The summed E-state index contributed by atoms with van der Waals surface area (Å²) in [5, 5.41) is 30.7. The molecular weight excluding hydrogens is 247 g/mol. The maximum atomic E-state index is 9.00. The van der Waals surface area contributed by atoms with E-state index in [1.54, 1.807) is 0 Å². The van der Waals surface area contributed by atoms with Gasteiger partial charge in [0.1, 0.15) is 0 Å². The van der Waals surface area contributed by atoms with Crippen molar-refractivity contribution in [3.63, 3.8) is 0 Å². The quantitative estimate of drug-likeness (QED) is 0.463. The summed E-state index contributed by atoms with van der Waals surface area (Å²) in [6.45, 7) is 2.17. The van der Waals surface area contributed by atoms with Gasteiger partial charge in [-0.1, -0.05) is 0 Å². The SMILES string of the molecule is CC(=O)O.CC(=O)O.OC[Se]CO. The van der Waals surface area contributed by atoms with Gasteiger partial charge in [0, 0.05) is 13.8 Å². The van der Waals surface area contributed by atoms with E-state index in [1.807, 2.05) is 0 Å². The monoisotopic (exact) mass is 262 g/mol. The third-order valence-corrected chi connectivity index (χ3v) is 0.949. The molecule has 7 heteroatoms. The van der Waals surface area contributed by atoms with E-state index in [-0.39, 0.29) is 26.0 Å². The number of hydrogen-bond acceptors (Lipinski definition) is 4. The van der Waals surface area contributed by atoms with E-state index in [0.29, 0.717) is 0 Å². The summed E-state index contributed by atoms with van der Waals surface area (Å²) in [6.07, 6.45) is 0. The molecule has 0 aromatic carbocycles. The van der Waals surface area contributed by atoms with Crippen LogP contribution in [0.15, 0.2) is 0 Å². The van der Waals surface area contributed by atoms with E-state index in [4.69, 9.17) is 30.0 Å². The number of carboxylic acid groups (broad SMARTS) is 2. The number of rotatable bonds is 2. The molecule has 0 heterocycles. The summed E-state index contributed by atoms with van der Waals surface area (Å²) in [7, 11) is 0. The Morgan fingerprint density at radius 3 is 1.15 bits per heavy atom. The van der Waals surface area contributed by atoms with Gasteiger partial charge in [0.2, 0.25) is 0 Å². The van der Waals surface area contributed by atoms with Crippen molar-refractivity contribution in [3.8, 4) is 0 Å². The van der Waals surface area contributed by atoms with Gasteiger partial charge < -0.3 is 10.2 Å². The molecule has 0 unspecified atom stereocenters. The van der Waals surface area contributed by atoms with Crippen molar-refractivity contribution in [3.05, 3.63) is 0 Å². The Labute approximate surface area is 82.4 Å². The number of carbonyl (C=O) groups is 2. The van der Waals surface area contributed by atoms with Crippen molar-refractivity contribution in [1.29, 1.82) is 0 Å². The van der Waals surface area contributed by atoms with E-state index < -0.39 is 11.9 Å². The van der Waals surface area contributed by atoms with Gasteiger partial charge >= 0.3 is 36.2 Å². The van der Waals surface area contributed by atoms with Gasteiger partial charge in [-0.15, -0.1) is 0 Å². The Morgan fingerprint density at radius 1 is 1.00 bits per heavy atom. The van der Waals surface area contributed by atoms with Crippen LogP contribution < -0.4 is 0 Å². The van der Waals surface area contributed by atoms with Crippen molar-refractivity contribution >= 4 is 26.9 Å². The van der Waals surface area contributed by atoms with Crippen LogP contribution in [0, 0.1) is 0 Å². The molecule has 4 N–H and O–H groups in total. The van der Waals surface area contributed by atoms with Gasteiger partial charge in [-0.2, -0.15) is 0 Å². The zero-order valence-electron chi connectivity index (χ0n) is 7.43. The van der Waals surface area contributed by atoms with E-state index in [0.717, 1.165) is 13.8 Å². The standard InChI is InChI=1S/C2H6O2Se.2C2H4O2/c3-1-5-2-4;2*1-2(3)4/h3-4H,1-2H2;2*1H3,(H,3,4). The van der Waals surface area contributed by atoms with Gasteiger partial charge in [0.15, 0.2) is 0 Å². The van der Waals surface area contributed by atoms with Crippen LogP contribution in [0.3, 0.4) is 0 Å². The van der Waals surface area contributed by atoms with Crippen molar-refractivity contribution < 1.29 is 30.0 Å². The fourth-order valence-corrected chi connectivity index (χ4v) is 0.212. The van der Waals surface area contributed by atoms with Crippen LogP contribution in [-0.4, -0.2) is 58.3 Å². The van der Waals surface area contributed by atoms with Gasteiger partial charge in [-0.3, -0.25) is 9.59 Å². The number of aliphatic hydroxyl groups is 2. The molecule has 0 aliphatic rings. The fourth-order valence-electron chi connectivity index (χ4n) is 0.0408. The molecule has 0 saturated carbocycles. The summed E-state index contributed by atoms with van der Waals surface area (Å²) in [5.74, 6) is -1.67. The normalized spacial score (nSPS) is 7.08. The van der Waals surface area contributed by atoms with E-state index in [2.05, 4.69) is 0 Å². The second-order valence-electron chi connectivity index (χ2n) is 1.50. The Bertz CT molecular complexity index is 104. The van der Waals surface area contributed by atoms with Crippen LogP contribution in [0.25, 0.3) is 0 Å². The van der Waals surface area contributed by atoms with Crippen LogP contribution in [0.2, 0.25) is 0 Å². The number of carboxylic acids is 2. The summed E-state index contributed by atoms with van der Waals surface area (Å²) in [6, 6.07) is 0. The molecule has 13 heavy (non-hydrogen) atoms. The van der Waals surface area contributed by atoms with Crippen LogP contribution in [0.5, 0.6) is 0 Å². The van der Waals surface area contributed by atoms with Crippen LogP contribution >= 0.6 is 0 Å². The molecule has 0 aromatic rings. The van der Waals surface area contributed by atoms with Crippen molar-refractivity contribution in [2.24, 2.45) is 0 Å². The molecule has 0 fully saturated rings. The first-order valence-corrected chi connectivity index (χ1v) is 5.49. The molecule has 0 amide bonds. The average Bonchev–Trinajstić information content (AvgIpc) is 1.86. The minimum atomic E-state index is -0.833. The summed E-state index contributed by atoms with van der Waals surface area (Å²) in [4.78, 5) is 18.0. The Balaban J connectivity index is -0.000000117. The minimum absolute atomic E-state index is 0.0694. The predicted molar refractivity (Wildman–Crippen MR) is 46.5 cm³/mol. The molecule has 0 spiro atoms. The summed E-state index contributed by atoms with van der Waals surface area (Å²) in [5.41, 5.74) is 0.312. The summed E-state index contributed by atoms with van der Waals surface area (Å²) >= 11 is 0.0694. The first-order chi connectivity index (χ1) is 5.88. The topological polar surface area (TPSA) is 115 Å². The van der Waals surface area contributed by atoms with Crippen molar-refractivity contribution in [2.45, 2.75) is 13.8 Å². The summed E-state index contributed by atoms with van der Waals surface area (Å²) < 4.78 is 0. The van der Waals surface area contributed by atoms with Crippen molar-refractivity contribution in [2.75, 3.05) is 11.0 Å². The van der Waals surface area contributed by atoms with Crippen LogP contribution in [0.1, 0.15) is 13.8 Å². The van der Waals surface area contributed by atoms with E-state index >= 15 is 0 Å². The fraction of sp³-hybridized carbons (Fsp3) is 0.667. The first-order valence-electron chi connectivity index (χ1n) is 3.07. The molecule has 0 aliphatic heterocycles. The number of aliphatic carboxylic acids is 2. The van der Waals surface area contributed by atoms with Crippen LogP contribution in [0.4, 0.5) is 0 Å². The van der Waals surface area contributed by atoms with E-state index in [1.165, 1.54) is 0 Å². The molecule has 0 saturated heterocycles. The second kappa shape index (κ2) is 17.5. The molecule has 0 bridgehead atoms. The van der Waals surface area contributed by atoms with Crippen LogP contribution in [-0.2, 0) is 9.59 Å². The van der Waals surface area contributed by atoms with Gasteiger partial charge in [0.25, 0.3) is 11.9 Å². The number of hydrogen-bond donors (Lipinski definition) is 4. The molecule has 80 valence electrons.